The molecule has 1 aromatic rings. The van der Waals surface area contributed by atoms with E-state index in [0.717, 1.165) is 30.9 Å². The van der Waals surface area contributed by atoms with Gasteiger partial charge < -0.3 is 10.6 Å². The number of nitriles is 1. The summed E-state index contributed by atoms with van der Waals surface area (Å²) in [5.74, 6) is 0.805. The fraction of sp³-hybridized carbons (Fsp3) is 0.571. The second kappa shape index (κ2) is 5.36. The van der Waals surface area contributed by atoms with E-state index in [1.165, 1.54) is 6.42 Å². The maximum Gasteiger partial charge on any atom is 0.147 e. The van der Waals surface area contributed by atoms with Crippen LogP contribution in [-0.4, -0.2) is 23.6 Å². The number of aryl methyl sites for hydroxylation is 1. The number of anilines is 1. The third-order valence-electron chi connectivity index (χ3n) is 3.56. The Bertz CT molecular complexity index is 461. The van der Waals surface area contributed by atoms with Gasteiger partial charge in [0.2, 0.25) is 0 Å². The Morgan fingerprint density at radius 3 is 2.94 bits per heavy atom. The van der Waals surface area contributed by atoms with Gasteiger partial charge in [0.05, 0.1) is 5.56 Å². The molecule has 2 heterocycles. The van der Waals surface area contributed by atoms with Crippen molar-refractivity contribution in [3.8, 4) is 6.07 Å². The van der Waals surface area contributed by atoms with Crippen LogP contribution in [0.1, 0.15) is 37.4 Å². The minimum atomic E-state index is 0.0964. The molecule has 4 heteroatoms. The van der Waals surface area contributed by atoms with Crippen molar-refractivity contribution in [2.45, 2.75) is 45.2 Å². The van der Waals surface area contributed by atoms with Crippen molar-refractivity contribution in [2.75, 3.05) is 11.4 Å². The minimum Gasteiger partial charge on any atom is -0.351 e. The fourth-order valence-corrected chi connectivity index (χ4v) is 2.62. The van der Waals surface area contributed by atoms with Gasteiger partial charge in [0.1, 0.15) is 11.9 Å². The normalized spacial score (nSPS) is 21.4. The number of nitrogens with zero attached hydrogens (tertiary/aromatic N) is 3. The summed E-state index contributed by atoms with van der Waals surface area (Å²) in [7, 11) is 0. The molecule has 0 radical (unpaired) electrons. The largest absolute Gasteiger partial charge is 0.351 e. The smallest absolute Gasteiger partial charge is 0.147 e. The van der Waals surface area contributed by atoms with E-state index in [1.54, 1.807) is 0 Å². The molecule has 1 saturated heterocycles. The maximum atomic E-state index is 9.22. The number of aromatic nitrogens is 1. The van der Waals surface area contributed by atoms with Crippen LogP contribution in [0.5, 0.6) is 0 Å². The summed E-state index contributed by atoms with van der Waals surface area (Å²) in [6.45, 7) is 4.93. The summed E-state index contributed by atoms with van der Waals surface area (Å²) in [5, 5.41) is 9.22. The first-order valence-corrected chi connectivity index (χ1v) is 6.53. The number of piperidine rings is 1. The number of pyridine rings is 1. The summed E-state index contributed by atoms with van der Waals surface area (Å²) in [6.07, 6.45) is 3.43. The first kappa shape index (κ1) is 12.8. The van der Waals surface area contributed by atoms with Gasteiger partial charge in [-0.2, -0.15) is 5.26 Å². The van der Waals surface area contributed by atoms with Crippen LogP contribution >= 0.6 is 0 Å². The first-order valence-electron chi connectivity index (χ1n) is 6.53. The molecule has 1 aromatic heterocycles. The molecule has 0 bridgehead atoms. The molecule has 2 unspecified atom stereocenters. The lowest BCUT2D eigenvalue weighted by Gasteiger charge is -2.39. The van der Waals surface area contributed by atoms with E-state index in [0.29, 0.717) is 11.6 Å². The third-order valence-corrected chi connectivity index (χ3v) is 3.56. The van der Waals surface area contributed by atoms with Gasteiger partial charge in [-0.05, 0) is 45.2 Å². The topological polar surface area (TPSA) is 65.9 Å². The zero-order valence-electron chi connectivity index (χ0n) is 11.1. The second-order valence-electron chi connectivity index (χ2n) is 5.05. The number of hydrogen-bond donors (Lipinski definition) is 1. The van der Waals surface area contributed by atoms with Gasteiger partial charge >= 0.3 is 0 Å². The lowest BCUT2D eigenvalue weighted by molar-refractivity contribution is 0.410. The summed E-state index contributed by atoms with van der Waals surface area (Å²) in [5.41, 5.74) is 7.66. The fourth-order valence-electron chi connectivity index (χ4n) is 2.62. The number of nitrogens with two attached hydrogens (primary N) is 1. The standard InChI is InChI=1S/C14H20N4/c1-10-6-7-12(9-15)14(17-10)18-8-4-3-5-13(18)11(2)16/h6-7,11,13H,3-5,8,16H2,1-2H3. The molecule has 4 nitrogen and oxygen atoms in total. The molecule has 2 rings (SSSR count). The molecule has 1 aliphatic rings. The van der Waals surface area contributed by atoms with Crippen molar-refractivity contribution in [3.05, 3.63) is 23.4 Å². The SMILES string of the molecule is Cc1ccc(C#N)c(N2CCCCC2C(C)N)n1. The van der Waals surface area contributed by atoms with Gasteiger partial charge in [-0.25, -0.2) is 4.98 Å². The highest BCUT2D eigenvalue weighted by molar-refractivity contribution is 5.55. The van der Waals surface area contributed by atoms with Crippen LogP contribution in [0.3, 0.4) is 0 Å². The second-order valence-corrected chi connectivity index (χ2v) is 5.05. The number of rotatable bonds is 2. The van der Waals surface area contributed by atoms with Crippen LogP contribution in [0.15, 0.2) is 12.1 Å². The highest BCUT2D eigenvalue weighted by Gasteiger charge is 2.28. The Balaban J connectivity index is 2.39. The molecule has 18 heavy (non-hydrogen) atoms. The predicted molar refractivity (Wildman–Crippen MR) is 72.3 cm³/mol. The van der Waals surface area contributed by atoms with Crippen molar-refractivity contribution in [1.29, 1.82) is 5.26 Å². The van der Waals surface area contributed by atoms with Crippen LogP contribution in [-0.2, 0) is 0 Å². The monoisotopic (exact) mass is 244 g/mol. The van der Waals surface area contributed by atoms with Crippen LogP contribution < -0.4 is 10.6 Å². The van der Waals surface area contributed by atoms with Gasteiger partial charge in [-0.15, -0.1) is 0 Å². The van der Waals surface area contributed by atoms with Crippen LogP contribution in [0.25, 0.3) is 0 Å². The van der Waals surface area contributed by atoms with Crippen LogP contribution in [0.2, 0.25) is 0 Å². The van der Waals surface area contributed by atoms with E-state index in [4.69, 9.17) is 5.73 Å². The Morgan fingerprint density at radius 1 is 1.50 bits per heavy atom. The molecular weight excluding hydrogens is 224 g/mol. The zero-order chi connectivity index (χ0) is 13.1. The Hall–Kier alpha value is -1.60. The molecular formula is C14H20N4. The number of hydrogen-bond acceptors (Lipinski definition) is 4. The molecule has 0 aromatic carbocycles. The molecule has 0 aliphatic carbocycles. The summed E-state index contributed by atoms with van der Waals surface area (Å²) < 4.78 is 0. The van der Waals surface area contributed by atoms with Crippen LogP contribution in [0, 0.1) is 18.3 Å². The quantitative estimate of drug-likeness (QED) is 0.863. The third kappa shape index (κ3) is 2.46. The van der Waals surface area contributed by atoms with Gasteiger partial charge in [0, 0.05) is 24.3 Å². The van der Waals surface area contributed by atoms with E-state index in [-0.39, 0.29) is 6.04 Å². The maximum absolute atomic E-state index is 9.22. The predicted octanol–water partition coefficient (Wildman–Crippen LogP) is 1.97. The summed E-state index contributed by atoms with van der Waals surface area (Å²) in [4.78, 5) is 6.77. The van der Waals surface area contributed by atoms with Crippen molar-refractivity contribution in [1.82, 2.24) is 4.98 Å². The molecule has 1 fully saturated rings. The average Bonchev–Trinajstić information content (AvgIpc) is 2.38. The zero-order valence-corrected chi connectivity index (χ0v) is 11.1. The first-order chi connectivity index (χ1) is 8.63. The summed E-state index contributed by atoms with van der Waals surface area (Å²) >= 11 is 0. The van der Waals surface area contributed by atoms with Crippen molar-refractivity contribution >= 4 is 5.82 Å². The van der Waals surface area contributed by atoms with E-state index >= 15 is 0 Å². The van der Waals surface area contributed by atoms with E-state index in [2.05, 4.69) is 16.0 Å². The van der Waals surface area contributed by atoms with Crippen molar-refractivity contribution in [2.24, 2.45) is 5.73 Å². The lowest BCUT2D eigenvalue weighted by Crippen LogP contribution is -2.50. The Kier molecular flexibility index (Phi) is 3.83. The Labute approximate surface area is 108 Å². The molecule has 0 amide bonds. The van der Waals surface area contributed by atoms with Crippen molar-refractivity contribution < 1.29 is 0 Å². The van der Waals surface area contributed by atoms with Gasteiger partial charge in [-0.1, -0.05) is 0 Å². The van der Waals surface area contributed by atoms with E-state index in [1.807, 2.05) is 26.0 Å². The molecule has 0 spiro atoms. The van der Waals surface area contributed by atoms with Gasteiger partial charge in [0.15, 0.2) is 0 Å². The van der Waals surface area contributed by atoms with E-state index < -0.39 is 0 Å². The van der Waals surface area contributed by atoms with Gasteiger partial charge in [0.25, 0.3) is 0 Å². The summed E-state index contributed by atoms with van der Waals surface area (Å²) in [6, 6.07) is 6.36. The highest BCUT2D eigenvalue weighted by atomic mass is 15.2. The highest BCUT2D eigenvalue weighted by Crippen LogP contribution is 2.27. The lowest BCUT2D eigenvalue weighted by atomic mass is 9.96. The minimum absolute atomic E-state index is 0.0964. The molecule has 96 valence electrons. The molecule has 2 N–H and O–H groups in total. The average molecular weight is 244 g/mol. The van der Waals surface area contributed by atoms with Crippen LogP contribution in [0.4, 0.5) is 5.82 Å². The molecule has 1 aliphatic heterocycles. The Morgan fingerprint density at radius 2 is 2.28 bits per heavy atom. The molecule has 0 saturated carbocycles. The molecule has 2 atom stereocenters. The van der Waals surface area contributed by atoms with Gasteiger partial charge in [-0.3, -0.25) is 0 Å². The van der Waals surface area contributed by atoms with E-state index in [9.17, 15) is 5.26 Å². The van der Waals surface area contributed by atoms with Crippen molar-refractivity contribution in [3.63, 3.8) is 0 Å².